The van der Waals surface area contributed by atoms with E-state index in [2.05, 4.69) is 15.6 Å². The first-order chi connectivity index (χ1) is 10.3. The molecular weight excluding hydrogens is 268 g/mol. The molecule has 1 aliphatic rings. The normalized spacial score (nSPS) is 15.1. The van der Waals surface area contributed by atoms with Gasteiger partial charge in [0.05, 0.1) is 12.1 Å². The van der Waals surface area contributed by atoms with Crippen LogP contribution in [0.1, 0.15) is 10.4 Å². The Hall–Kier alpha value is -2.34. The lowest BCUT2D eigenvalue weighted by Gasteiger charge is -2.27. The van der Waals surface area contributed by atoms with Gasteiger partial charge in [0.1, 0.15) is 0 Å². The lowest BCUT2D eigenvalue weighted by molar-refractivity contribution is -0.130. The van der Waals surface area contributed by atoms with Crippen LogP contribution in [0, 0.1) is 0 Å². The zero-order chi connectivity index (χ0) is 14.7. The third-order valence-corrected chi connectivity index (χ3v) is 3.70. The maximum Gasteiger partial charge on any atom is 0.253 e. The van der Waals surface area contributed by atoms with Crippen LogP contribution >= 0.6 is 0 Å². The summed E-state index contributed by atoms with van der Waals surface area (Å²) in [7, 11) is 0. The molecule has 0 saturated carbocycles. The van der Waals surface area contributed by atoms with E-state index in [-0.39, 0.29) is 18.4 Å². The summed E-state index contributed by atoms with van der Waals surface area (Å²) in [6.07, 6.45) is 1.68. The Morgan fingerprint density at radius 3 is 2.76 bits per heavy atom. The summed E-state index contributed by atoms with van der Waals surface area (Å²) in [4.78, 5) is 29.0. The molecule has 0 atom stereocenters. The Morgan fingerprint density at radius 2 is 1.95 bits per heavy atom. The first-order valence-electron chi connectivity index (χ1n) is 7.08. The Kier molecular flexibility index (Phi) is 3.87. The van der Waals surface area contributed by atoms with Gasteiger partial charge >= 0.3 is 0 Å². The van der Waals surface area contributed by atoms with Gasteiger partial charge in [-0.1, -0.05) is 18.2 Å². The number of carbonyl (C=O) groups is 2. The average molecular weight is 286 g/mol. The monoisotopic (exact) mass is 286 g/mol. The van der Waals surface area contributed by atoms with Crippen LogP contribution in [-0.2, 0) is 4.79 Å². The van der Waals surface area contributed by atoms with Crippen molar-refractivity contribution in [2.24, 2.45) is 0 Å². The molecule has 6 nitrogen and oxygen atoms in total. The quantitative estimate of drug-likeness (QED) is 0.761. The number of rotatable bonds is 3. The third kappa shape index (κ3) is 2.90. The lowest BCUT2D eigenvalue weighted by Crippen LogP contribution is -2.49. The van der Waals surface area contributed by atoms with Gasteiger partial charge in [-0.3, -0.25) is 9.59 Å². The van der Waals surface area contributed by atoms with Crippen LogP contribution in [0.3, 0.4) is 0 Å². The fraction of sp³-hybridized carbons (Fsp3) is 0.333. The van der Waals surface area contributed by atoms with Gasteiger partial charge in [0.2, 0.25) is 5.91 Å². The van der Waals surface area contributed by atoms with Crippen molar-refractivity contribution in [1.29, 1.82) is 0 Å². The third-order valence-electron chi connectivity index (χ3n) is 3.70. The van der Waals surface area contributed by atoms with Crippen LogP contribution < -0.4 is 10.6 Å². The number of nitrogens with one attached hydrogen (secondary N) is 3. The van der Waals surface area contributed by atoms with Crippen molar-refractivity contribution >= 4 is 22.7 Å². The van der Waals surface area contributed by atoms with E-state index >= 15 is 0 Å². The van der Waals surface area contributed by atoms with E-state index in [4.69, 9.17) is 0 Å². The molecule has 1 fully saturated rings. The number of carbonyl (C=O) groups excluding carboxylic acids is 2. The van der Waals surface area contributed by atoms with Crippen molar-refractivity contribution in [2.45, 2.75) is 0 Å². The SMILES string of the molecule is O=C(NCC(=O)N1CCNCC1)c1c[nH]c2ccccc12. The lowest BCUT2D eigenvalue weighted by atomic mass is 10.1. The highest BCUT2D eigenvalue weighted by atomic mass is 16.2. The van der Waals surface area contributed by atoms with E-state index in [9.17, 15) is 9.59 Å². The van der Waals surface area contributed by atoms with Crippen molar-refractivity contribution < 1.29 is 9.59 Å². The molecule has 110 valence electrons. The van der Waals surface area contributed by atoms with Crippen LogP contribution in [0.2, 0.25) is 0 Å². The summed E-state index contributed by atoms with van der Waals surface area (Å²) >= 11 is 0. The van der Waals surface area contributed by atoms with Gasteiger partial charge in [0, 0.05) is 43.3 Å². The Labute approximate surface area is 122 Å². The highest BCUT2D eigenvalue weighted by Gasteiger charge is 2.18. The Morgan fingerprint density at radius 1 is 1.19 bits per heavy atom. The predicted octanol–water partition coefficient (Wildman–Crippen LogP) is 0.330. The summed E-state index contributed by atoms with van der Waals surface area (Å²) in [5.41, 5.74) is 1.48. The molecule has 3 rings (SSSR count). The second kappa shape index (κ2) is 5.97. The van der Waals surface area contributed by atoms with Gasteiger partial charge in [-0.25, -0.2) is 0 Å². The molecule has 2 aromatic rings. The number of amides is 2. The number of fused-ring (bicyclic) bond motifs is 1. The van der Waals surface area contributed by atoms with Crippen LogP contribution in [0.15, 0.2) is 30.5 Å². The fourth-order valence-corrected chi connectivity index (χ4v) is 2.54. The smallest absolute Gasteiger partial charge is 0.253 e. The van der Waals surface area contributed by atoms with E-state index in [1.54, 1.807) is 11.1 Å². The first-order valence-corrected chi connectivity index (χ1v) is 7.08. The largest absolute Gasteiger partial charge is 0.360 e. The predicted molar refractivity (Wildman–Crippen MR) is 80.1 cm³/mol. The van der Waals surface area contributed by atoms with Crippen molar-refractivity contribution in [1.82, 2.24) is 20.5 Å². The number of benzene rings is 1. The van der Waals surface area contributed by atoms with Crippen molar-refractivity contribution in [3.8, 4) is 0 Å². The van der Waals surface area contributed by atoms with E-state index in [0.717, 1.165) is 24.0 Å². The fourth-order valence-electron chi connectivity index (χ4n) is 2.54. The molecule has 2 amide bonds. The van der Waals surface area contributed by atoms with Crippen molar-refractivity contribution in [2.75, 3.05) is 32.7 Å². The topological polar surface area (TPSA) is 77.2 Å². The standard InChI is InChI=1S/C15H18N4O2/c20-14(19-7-5-16-6-8-19)10-18-15(21)12-9-17-13-4-2-1-3-11(12)13/h1-4,9,16-17H,5-8,10H2,(H,18,21). The number of hydrogen-bond acceptors (Lipinski definition) is 3. The number of nitrogens with zero attached hydrogens (tertiary/aromatic N) is 1. The molecule has 0 spiro atoms. The second-order valence-electron chi connectivity index (χ2n) is 5.06. The van der Waals surface area contributed by atoms with Gasteiger partial charge < -0.3 is 20.5 Å². The van der Waals surface area contributed by atoms with E-state index in [1.165, 1.54) is 0 Å². The molecule has 21 heavy (non-hydrogen) atoms. The molecule has 1 aromatic heterocycles. The molecular formula is C15H18N4O2. The number of piperazine rings is 1. The minimum atomic E-state index is -0.226. The summed E-state index contributed by atoms with van der Waals surface area (Å²) in [6.45, 7) is 3.05. The summed E-state index contributed by atoms with van der Waals surface area (Å²) in [5.74, 6) is -0.263. The number of aromatic nitrogens is 1. The highest BCUT2D eigenvalue weighted by Crippen LogP contribution is 2.17. The molecule has 0 bridgehead atoms. The molecule has 0 radical (unpaired) electrons. The second-order valence-corrected chi connectivity index (χ2v) is 5.06. The first kappa shape index (κ1) is 13.6. The number of para-hydroxylation sites is 1. The minimum absolute atomic E-state index is 0.0373. The van der Waals surface area contributed by atoms with Gasteiger partial charge in [-0.2, -0.15) is 0 Å². The van der Waals surface area contributed by atoms with Crippen molar-refractivity contribution in [3.05, 3.63) is 36.0 Å². The zero-order valence-corrected chi connectivity index (χ0v) is 11.7. The Balaban J connectivity index is 1.62. The van der Waals surface area contributed by atoms with Crippen LogP contribution in [0.4, 0.5) is 0 Å². The molecule has 2 heterocycles. The maximum absolute atomic E-state index is 12.2. The highest BCUT2D eigenvalue weighted by molar-refractivity contribution is 6.07. The van der Waals surface area contributed by atoms with E-state index in [1.807, 2.05) is 24.3 Å². The molecule has 0 unspecified atom stereocenters. The number of H-pyrrole nitrogens is 1. The minimum Gasteiger partial charge on any atom is -0.360 e. The van der Waals surface area contributed by atoms with E-state index < -0.39 is 0 Å². The summed E-state index contributed by atoms with van der Waals surface area (Å²) in [6, 6.07) is 7.60. The number of hydrogen-bond donors (Lipinski definition) is 3. The van der Waals surface area contributed by atoms with Crippen LogP contribution in [-0.4, -0.2) is 54.4 Å². The van der Waals surface area contributed by atoms with Gasteiger partial charge in [-0.15, -0.1) is 0 Å². The maximum atomic E-state index is 12.2. The molecule has 1 aliphatic heterocycles. The average Bonchev–Trinajstić information content (AvgIpc) is 2.97. The van der Waals surface area contributed by atoms with Crippen LogP contribution in [0.25, 0.3) is 10.9 Å². The van der Waals surface area contributed by atoms with Gasteiger partial charge in [0.25, 0.3) is 5.91 Å². The van der Waals surface area contributed by atoms with Crippen molar-refractivity contribution in [3.63, 3.8) is 0 Å². The Bertz CT molecular complexity index is 658. The molecule has 3 N–H and O–H groups in total. The summed E-state index contributed by atoms with van der Waals surface area (Å²) in [5, 5.41) is 6.76. The molecule has 6 heteroatoms. The van der Waals surface area contributed by atoms with Crippen LogP contribution in [0.5, 0.6) is 0 Å². The molecule has 0 aliphatic carbocycles. The molecule has 1 saturated heterocycles. The number of aromatic amines is 1. The molecule has 1 aromatic carbocycles. The van der Waals surface area contributed by atoms with E-state index in [0.29, 0.717) is 18.7 Å². The zero-order valence-electron chi connectivity index (χ0n) is 11.7. The summed E-state index contributed by atoms with van der Waals surface area (Å²) < 4.78 is 0. The van der Waals surface area contributed by atoms with Gasteiger partial charge in [0.15, 0.2) is 0 Å². The van der Waals surface area contributed by atoms with Gasteiger partial charge in [-0.05, 0) is 6.07 Å².